The third kappa shape index (κ3) is 5.70. The van der Waals surface area contributed by atoms with Crippen LogP contribution < -0.4 is 0 Å². The molecule has 7 heavy (non-hydrogen) atoms. The topological polar surface area (TPSA) is 26.3 Å². The summed E-state index contributed by atoms with van der Waals surface area (Å²) in [7, 11) is 1.31. The van der Waals surface area contributed by atoms with Crippen molar-refractivity contribution < 1.29 is 26.0 Å². The minimum atomic E-state index is -0.394. The minimum absolute atomic E-state index is 0. The van der Waals surface area contributed by atoms with Gasteiger partial charge < -0.3 is 4.74 Å². The Labute approximate surface area is 52.5 Å². The number of hydrogen-bond donors (Lipinski definition) is 0. The van der Waals surface area contributed by atoms with E-state index in [-0.39, 0.29) is 16.5 Å². The summed E-state index contributed by atoms with van der Waals surface area (Å²) >= 11 is 0. The molecular weight excluding hydrogens is 139 g/mol. The van der Waals surface area contributed by atoms with Crippen molar-refractivity contribution >= 4 is 5.97 Å². The molecule has 0 rings (SSSR count). The van der Waals surface area contributed by atoms with Crippen LogP contribution in [0.25, 0.3) is 0 Å². The molecule has 0 amide bonds. The summed E-state index contributed by atoms with van der Waals surface area (Å²) in [6.45, 7) is 3.16. The normalized spacial score (nSPS) is 5.86. The van der Waals surface area contributed by atoms with Crippen molar-refractivity contribution in [3.05, 3.63) is 12.7 Å². The molecule has 0 spiro atoms. The van der Waals surface area contributed by atoms with Crippen LogP contribution in [-0.2, 0) is 26.0 Å². The van der Waals surface area contributed by atoms with E-state index in [9.17, 15) is 4.79 Å². The molecule has 0 bridgehead atoms. The number of esters is 1. The molecule has 0 heterocycles. The van der Waals surface area contributed by atoms with Gasteiger partial charge in [0.1, 0.15) is 0 Å². The molecule has 0 atom stereocenters. The second kappa shape index (κ2) is 5.70. The molecule has 0 unspecified atom stereocenters. The van der Waals surface area contributed by atoms with Gasteiger partial charge in [0.2, 0.25) is 0 Å². The van der Waals surface area contributed by atoms with Gasteiger partial charge in [-0.05, 0) is 0 Å². The van der Waals surface area contributed by atoms with Gasteiger partial charge >= 0.3 is 5.97 Å². The van der Waals surface area contributed by atoms with Crippen LogP contribution in [0.3, 0.4) is 0 Å². The average molecular weight is 145 g/mol. The van der Waals surface area contributed by atoms with Crippen LogP contribution in [0, 0.1) is 0 Å². The summed E-state index contributed by atoms with van der Waals surface area (Å²) in [4.78, 5) is 9.84. The molecule has 0 fully saturated rings. The predicted octanol–water partition coefficient (Wildman–Crippen LogP) is 0.343. The van der Waals surface area contributed by atoms with E-state index in [2.05, 4.69) is 11.3 Å². The molecule has 0 aliphatic rings. The van der Waals surface area contributed by atoms with Crippen molar-refractivity contribution in [2.24, 2.45) is 0 Å². The third-order valence-electron chi connectivity index (χ3n) is 0.368. The summed E-state index contributed by atoms with van der Waals surface area (Å²) in [5, 5.41) is 0. The Bertz CT molecular complexity index is 70.1. The largest absolute Gasteiger partial charge is 0.466 e. The number of carbonyl (C=O) groups excluding carboxylic acids is 1. The number of hydrogen-bond acceptors (Lipinski definition) is 2. The van der Waals surface area contributed by atoms with E-state index in [0.29, 0.717) is 0 Å². The molecule has 0 saturated carbocycles. The van der Waals surface area contributed by atoms with Crippen molar-refractivity contribution in [1.82, 2.24) is 0 Å². The van der Waals surface area contributed by atoms with Gasteiger partial charge in [-0.15, -0.1) is 0 Å². The summed E-state index contributed by atoms with van der Waals surface area (Å²) < 4.78 is 4.14. The van der Waals surface area contributed by atoms with Crippen LogP contribution in [0.4, 0.5) is 0 Å². The Morgan fingerprint density at radius 2 is 2.29 bits per heavy atom. The van der Waals surface area contributed by atoms with Gasteiger partial charge in [-0.3, -0.25) is 0 Å². The van der Waals surface area contributed by atoms with Crippen LogP contribution >= 0.6 is 0 Å². The van der Waals surface area contributed by atoms with E-state index in [1.54, 1.807) is 0 Å². The molecule has 0 aromatic rings. The molecular formula is C4H6NiO2. The SMILES string of the molecule is C=CC(=O)OC.[Ni]. The maximum Gasteiger partial charge on any atom is 0.329 e. The Kier molecular flexibility index (Phi) is 8.03. The van der Waals surface area contributed by atoms with E-state index in [1.807, 2.05) is 0 Å². The van der Waals surface area contributed by atoms with Gasteiger partial charge in [0, 0.05) is 22.6 Å². The molecule has 3 heteroatoms. The Hall–Kier alpha value is -0.296. The standard InChI is InChI=1S/C4H6O2.Ni/c1-3-4(5)6-2;/h3H,1H2,2H3;. The van der Waals surface area contributed by atoms with Gasteiger partial charge in [0.25, 0.3) is 0 Å². The second-order valence-corrected chi connectivity index (χ2v) is 0.727. The molecule has 0 radical (unpaired) electrons. The van der Waals surface area contributed by atoms with Crippen LogP contribution in [0.2, 0.25) is 0 Å². The maximum absolute atomic E-state index is 9.84. The van der Waals surface area contributed by atoms with E-state index in [4.69, 9.17) is 0 Å². The predicted molar refractivity (Wildman–Crippen MR) is 22.2 cm³/mol. The smallest absolute Gasteiger partial charge is 0.329 e. The van der Waals surface area contributed by atoms with Gasteiger partial charge in [0.05, 0.1) is 7.11 Å². The van der Waals surface area contributed by atoms with Crippen molar-refractivity contribution in [3.63, 3.8) is 0 Å². The van der Waals surface area contributed by atoms with Gasteiger partial charge in [-0.1, -0.05) is 6.58 Å². The monoisotopic (exact) mass is 144 g/mol. The molecule has 0 aliphatic heterocycles. The quantitative estimate of drug-likeness (QED) is 0.302. The second-order valence-electron chi connectivity index (χ2n) is 0.727. The fraction of sp³-hybridized carbons (Fsp3) is 0.250. The van der Waals surface area contributed by atoms with Crippen LogP contribution in [-0.4, -0.2) is 13.1 Å². The zero-order valence-corrected chi connectivity index (χ0v) is 4.90. The summed E-state index contributed by atoms with van der Waals surface area (Å²) in [6.07, 6.45) is 1.11. The fourth-order valence-corrected chi connectivity index (χ4v) is 0.0833. The molecule has 0 aromatic carbocycles. The Morgan fingerprint density at radius 3 is 2.29 bits per heavy atom. The van der Waals surface area contributed by atoms with Crippen LogP contribution in [0.1, 0.15) is 0 Å². The zero-order valence-electron chi connectivity index (χ0n) is 3.92. The number of methoxy groups -OCH3 is 1. The fourth-order valence-electron chi connectivity index (χ4n) is 0.0833. The zero-order chi connectivity index (χ0) is 4.99. The molecule has 2 nitrogen and oxygen atoms in total. The average Bonchev–Trinajstić information content (AvgIpc) is 1.65. The van der Waals surface area contributed by atoms with E-state index >= 15 is 0 Å². The first-order chi connectivity index (χ1) is 2.81. The first-order valence-corrected chi connectivity index (χ1v) is 1.51. The Morgan fingerprint density at radius 1 is 1.86 bits per heavy atom. The summed E-state index contributed by atoms with van der Waals surface area (Å²) in [5.74, 6) is -0.394. The summed E-state index contributed by atoms with van der Waals surface area (Å²) in [5.41, 5.74) is 0. The van der Waals surface area contributed by atoms with Gasteiger partial charge in [0.15, 0.2) is 0 Å². The molecule has 0 aliphatic carbocycles. The molecule has 44 valence electrons. The van der Waals surface area contributed by atoms with Crippen molar-refractivity contribution in [2.45, 2.75) is 0 Å². The number of ether oxygens (including phenoxy) is 1. The van der Waals surface area contributed by atoms with Crippen molar-refractivity contribution in [1.29, 1.82) is 0 Å². The first kappa shape index (κ1) is 9.86. The van der Waals surface area contributed by atoms with Crippen molar-refractivity contribution in [3.8, 4) is 0 Å². The number of carbonyl (C=O) groups is 1. The maximum atomic E-state index is 9.84. The van der Waals surface area contributed by atoms with E-state index < -0.39 is 5.97 Å². The van der Waals surface area contributed by atoms with Crippen molar-refractivity contribution in [2.75, 3.05) is 7.11 Å². The van der Waals surface area contributed by atoms with E-state index in [1.165, 1.54) is 7.11 Å². The minimum Gasteiger partial charge on any atom is -0.466 e. The first-order valence-electron chi connectivity index (χ1n) is 1.51. The van der Waals surface area contributed by atoms with Crippen LogP contribution in [0.5, 0.6) is 0 Å². The van der Waals surface area contributed by atoms with E-state index in [0.717, 1.165) is 6.08 Å². The third-order valence-corrected chi connectivity index (χ3v) is 0.368. The Balaban J connectivity index is 0. The molecule has 0 aromatic heterocycles. The van der Waals surface area contributed by atoms with Crippen LogP contribution in [0.15, 0.2) is 12.7 Å². The van der Waals surface area contributed by atoms with Gasteiger partial charge in [-0.25, -0.2) is 4.79 Å². The molecule has 0 saturated heterocycles. The van der Waals surface area contributed by atoms with Gasteiger partial charge in [-0.2, -0.15) is 0 Å². The molecule has 0 N–H and O–H groups in total. The summed E-state index contributed by atoms with van der Waals surface area (Å²) in [6, 6.07) is 0. The number of rotatable bonds is 1.